The fourth-order valence-corrected chi connectivity index (χ4v) is 2.53. The highest BCUT2D eigenvalue weighted by Gasteiger charge is 2.18. The Bertz CT molecular complexity index is 859. The normalized spacial score (nSPS) is 13.6. The highest BCUT2D eigenvalue weighted by Crippen LogP contribution is 2.25. The molecule has 7 heteroatoms. The summed E-state index contributed by atoms with van der Waals surface area (Å²) in [6.07, 6.45) is 0. The van der Waals surface area contributed by atoms with Gasteiger partial charge < -0.3 is 10.6 Å². The number of rotatable bonds is 6. The second-order valence-electron chi connectivity index (χ2n) is 6.25. The molecule has 1 aliphatic heterocycles. The van der Waals surface area contributed by atoms with Crippen molar-refractivity contribution in [3.8, 4) is 6.07 Å². The van der Waals surface area contributed by atoms with Crippen LogP contribution >= 0.6 is 0 Å². The number of hydrogen-bond acceptors (Lipinski definition) is 5. The zero-order chi connectivity index (χ0) is 18.5. The van der Waals surface area contributed by atoms with Crippen molar-refractivity contribution in [2.45, 2.75) is 6.92 Å². The zero-order valence-corrected chi connectivity index (χ0v) is 14.3. The molecule has 3 N–H and O–H groups in total. The molecule has 0 aromatic heterocycles. The molecule has 3 rings (SSSR count). The lowest BCUT2D eigenvalue weighted by atomic mass is 10.1. The first-order valence-electron chi connectivity index (χ1n) is 8.27. The van der Waals surface area contributed by atoms with Crippen LogP contribution in [0.2, 0.25) is 0 Å². The summed E-state index contributed by atoms with van der Waals surface area (Å²) < 4.78 is 14.1. The van der Waals surface area contributed by atoms with E-state index in [0.717, 1.165) is 18.7 Å². The fourth-order valence-electron chi connectivity index (χ4n) is 2.53. The van der Waals surface area contributed by atoms with Gasteiger partial charge in [0, 0.05) is 19.0 Å². The second-order valence-corrected chi connectivity index (χ2v) is 6.25. The molecule has 0 atom stereocenters. The van der Waals surface area contributed by atoms with E-state index in [1.54, 1.807) is 19.1 Å². The summed E-state index contributed by atoms with van der Waals surface area (Å²) in [6.45, 7) is 3.94. The van der Waals surface area contributed by atoms with Crippen LogP contribution in [0.5, 0.6) is 0 Å². The molecule has 1 amide bonds. The quantitative estimate of drug-likeness (QED) is 0.694. The largest absolute Gasteiger partial charge is 0.352 e. The molecular formula is C19H19FN4O2. The lowest BCUT2D eigenvalue weighted by Crippen LogP contribution is -2.45. The Labute approximate surface area is 150 Å². The van der Waals surface area contributed by atoms with Crippen LogP contribution in [-0.4, -0.2) is 25.6 Å². The molecule has 0 spiro atoms. The Hall–Kier alpha value is -2.95. The molecule has 26 heavy (non-hydrogen) atoms. The average Bonchev–Trinajstić information content (AvgIpc) is 2.59. The number of hydrogen-bond donors (Lipinski definition) is 3. The van der Waals surface area contributed by atoms with Gasteiger partial charge in [0.15, 0.2) is 0 Å². The third-order valence-electron chi connectivity index (χ3n) is 4.14. The standard InChI is InChI=1S/C19H19FN4O2/c1-12-2-5-17(16(20)6-12)23-18-7-13(8-21)3-4-15(18)19(25)24-26-11-14-9-22-10-14/h2-7,14,22-23H,9-11H2,1H3,(H,24,25). The summed E-state index contributed by atoms with van der Waals surface area (Å²) in [7, 11) is 0. The van der Waals surface area contributed by atoms with E-state index in [1.807, 2.05) is 6.07 Å². The number of benzene rings is 2. The number of nitrogens with zero attached hydrogens (tertiary/aromatic N) is 1. The third-order valence-corrected chi connectivity index (χ3v) is 4.14. The van der Waals surface area contributed by atoms with Crippen molar-refractivity contribution < 1.29 is 14.0 Å². The van der Waals surface area contributed by atoms with Gasteiger partial charge in [-0.05, 0) is 42.8 Å². The first kappa shape index (κ1) is 17.9. The number of hydroxylamine groups is 1. The van der Waals surface area contributed by atoms with Crippen molar-refractivity contribution in [3.63, 3.8) is 0 Å². The SMILES string of the molecule is Cc1ccc(Nc2cc(C#N)ccc2C(=O)NOCC2CNC2)c(F)c1. The number of nitrogens with one attached hydrogen (secondary N) is 3. The number of amides is 1. The van der Waals surface area contributed by atoms with Crippen molar-refractivity contribution >= 4 is 17.3 Å². The van der Waals surface area contributed by atoms with Gasteiger partial charge in [-0.3, -0.25) is 9.63 Å². The maximum Gasteiger partial charge on any atom is 0.276 e. The number of halogens is 1. The highest BCUT2D eigenvalue weighted by atomic mass is 19.1. The maximum absolute atomic E-state index is 14.1. The minimum absolute atomic E-state index is 0.223. The van der Waals surface area contributed by atoms with Gasteiger partial charge in [0.25, 0.3) is 5.91 Å². The van der Waals surface area contributed by atoms with Crippen molar-refractivity contribution in [1.82, 2.24) is 10.8 Å². The first-order valence-corrected chi connectivity index (χ1v) is 8.27. The van der Waals surface area contributed by atoms with E-state index in [9.17, 15) is 9.18 Å². The zero-order valence-electron chi connectivity index (χ0n) is 14.3. The van der Waals surface area contributed by atoms with Crippen LogP contribution < -0.4 is 16.1 Å². The summed E-state index contributed by atoms with van der Waals surface area (Å²) in [6, 6.07) is 11.3. The van der Waals surface area contributed by atoms with E-state index < -0.39 is 11.7 Å². The Morgan fingerprint density at radius 2 is 2.12 bits per heavy atom. The molecule has 2 aromatic carbocycles. The predicted molar refractivity (Wildman–Crippen MR) is 95.4 cm³/mol. The molecule has 0 bridgehead atoms. The van der Waals surface area contributed by atoms with Gasteiger partial charge in [0.05, 0.1) is 35.2 Å². The Morgan fingerprint density at radius 1 is 1.31 bits per heavy atom. The molecule has 0 unspecified atom stereocenters. The fraction of sp³-hybridized carbons (Fsp3) is 0.263. The lowest BCUT2D eigenvalue weighted by Gasteiger charge is -2.26. The number of aryl methyl sites for hydroxylation is 1. The monoisotopic (exact) mass is 354 g/mol. The van der Waals surface area contributed by atoms with E-state index in [4.69, 9.17) is 10.1 Å². The smallest absolute Gasteiger partial charge is 0.276 e. The van der Waals surface area contributed by atoms with Crippen molar-refractivity contribution in [1.29, 1.82) is 5.26 Å². The van der Waals surface area contributed by atoms with E-state index in [1.165, 1.54) is 24.3 Å². The molecule has 0 saturated carbocycles. The predicted octanol–water partition coefficient (Wildman–Crippen LogP) is 2.63. The Kier molecular flexibility index (Phi) is 5.46. The summed E-state index contributed by atoms with van der Waals surface area (Å²) in [4.78, 5) is 17.7. The van der Waals surface area contributed by atoms with Crippen LogP contribution in [-0.2, 0) is 4.84 Å². The van der Waals surface area contributed by atoms with Gasteiger partial charge in [0.1, 0.15) is 5.82 Å². The minimum atomic E-state index is -0.461. The van der Waals surface area contributed by atoms with Gasteiger partial charge in [-0.25, -0.2) is 9.87 Å². The molecular weight excluding hydrogens is 335 g/mol. The molecule has 0 aliphatic carbocycles. The van der Waals surface area contributed by atoms with Crippen molar-refractivity contribution in [3.05, 3.63) is 58.9 Å². The number of anilines is 2. The maximum atomic E-state index is 14.1. The highest BCUT2D eigenvalue weighted by molar-refractivity contribution is 6.00. The van der Waals surface area contributed by atoms with Crippen LogP contribution in [0.3, 0.4) is 0 Å². The van der Waals surface area contributed by atoms with Crippen LogP contribution in [0.1, 0.15) is 21.5 Å². The number of carbonyl (C=O) groups is 1. The van der Waals surface area contributed by atoms with E-state index >= 15 is 0 Å². The molecule has 1 heterocycles. The lowest BCUT2D eigenvalue weighted by molar-refractivity contribution is 0.00816. The molecule has 1 saturated heterocycles. The van der Waals surface area contributed by atoms with Crippen molar-refractivity contribution in [2.75, 3.05) is 25.0 Å². The van der Waals surface area contributed by atoms with Crippen molar-refractivity contribution in [2.24, 2.45) is 5.92 Å². The van der Waals surface area contributed by atoms with E-state index in [-0.39, 0.29) is 11.3 Å². The van der Waals surface area contributed by atoms with Gasteiger partial charge >= 0.3 is 0 Å². The Morgan fingerprint density at radius 3 is 2.77 bits per heavy atom. The second kappa shape index (κ2) is 7.95. The van der Waals surface area contributed by atoms with Crippen LogP contribution in [0, 0.1) is 30.0 Å². The molecule has 6 nitrogen and oxygen atoms in total. The summed E-state index contributed by atoms with van der Waals surface area (Å²) in [5.74, 6) is -0.514. The van der Waals surface area contributed by atoms with Crippen LogP contribution in [0.15, 0.2) is 36.4 Å². The first-order chi connectivity index (χ1) is 12.6. The Balaban J connectivity index is 1.78. The van der Waals surface area contributed by atoms with E-state index in [0.29, 0.717) is 23.8 Å². The van der Waals surface area contributed by atoms with Crippen LogP contribution in [0.4, 0.5) is 15.8 Å². The minimum Gasteiger partial charge on any atom is -0.352 e. The summed E-state index contributed by atoms with van der Waals surface area (Å²) >= 11 is 0. The van der Waals surface area contributed by atoms with Gasteiger partial charge in [0.2, 0.25) is 0 Å². The van der Waals surface area contributed by atoms with Gasteiger partial charge in [-0.2, -0.15) is 5.26 Å². The molecule has 1 fully saturated rings. The van der Waals surface area contributed by atoms with Gasteiger partial charge in [-0.15, -0.1) is 0 Å². The molecule has 1 aliphatic rings. The molecule has 0 radical (unpaired) electrons. The number of carbonyl (C=O) groups excluding carboxylic acids is 1. The van der Waals surface area contributed by atoms with Crippen LogP contribution in [0.25, 0.3) is 0 Å². The van der Waals surface area contributed by atoms with E-state index in [2.05, 4.69) is 16.1 Å². The summed E-state index contributed by atoms with van der Waals surface area (Å²) in [5, 5.41) is 15.1. The third kappa shape index (κ3) is 4.17. The number of nitriles is 1. The topological polar surface area (TPSA) is 86.2 Å². The molecule has 134 valence electrons. The summed E-state index contributed by atoms with van der Waals surface area (Å²) in [5.41, 5.74) is 4.36. The molecule has 2 aromatic rings. The van der Waals surface area contributed by atoms with Gasteiger partial charge in [-0.1, -0.05) is 6.07 Å². The average molecular weight is 354 g/mol.